The summed E-state index contributed by atoms with van der Waals surface area (Å²) in [6.07, 6.45) is 1.13. The van der Waals surface area contributed by atoms with Crippen LogP contribution in [-0.2, 0) is 6.42 Å². The van der Waals surface area contributed by atoms with Crippen molar-refractivity contribution in [2.24, 2.45) is 0 Å². The third-order valence-electron chi connectivity index (χ3n) is 3.45. The molecule has 0 saturated heterocycles. The third-order valence-corrected chi connectivity index (χ3v) is 3.68. The predicted octanol–water partition coefficient (Wildman–Crippen LogP) is 5.09. The second kappa shape index (κ2) is 7.37. The van der Waals surface area contributed by atoms with Crippen LogP contribution in [0.1, 0.15) is 25.0 Å². The van der Waals surface area contributed by atoms with Gasteiger partial charge < -0.3 is 10.1 Å². The fourth-order valence-corrected chi connectivity index (χ4v) is 2.29. The van der Waals surface area contributed by atoms with E-state index in [2.05, 4.69) is 38.2 Å². The SMILES string of the molecule is CCc1ccc(O[C@@H](C)CNc2cc(Cl)ccc2C)cc1. The molecule has 0 radical (unpaired) electrons. The summed E-state index contributed by atoms with van der Waals surface area (Å²) in [6, 6.07) is 14.1. The second-order valence-corrected chi connectivity index (χ2v) is 5.70. The van der Waals surface area contributed by atoms with Crippen LogP contribution in [0.15, 0.2) is 42.5 Å². The highest BCUT2D eigenvalue weighted by atomic mass is 35.5. The predicted molar refractivity (Wildman–Crippen MR) is 90.6 cm³/mol. The lowest BCUT2D eigenvalue weighted by Crippen LogP contribution is -2.23. The van der Waals surface area contributed by atoms with Gasteiger partial charge in [0.05, 0.1) is 6.54 Å². The molecule has 0 fully saturated rings. The Bertz CT molecular complexity index is 580. The third kappa shape index (κ3) is 4.68. The Morgan fingerprint density at radius 3 is 2.52 bits per heavy atom. The zero-order chi connectivity index (χ0) is 15.2. The number of nitrogens with one attached hydrogen (secondary N) is 1. The van der Waals surface area contributed by atoms with Crippen molar-refractivity contribution >= 4 is 17.3 Å². The number of ether oxygens (including phenoxy) is 1. The maximum Gasteiger partial charge on any atom is 0.119 e. The van der Waals surface area contributed by atoms with Crippen LogP contribution in [0.25, 0.3) is 0 Å². The van der Waals surface area contributed by atoms with E-state index in [1.54, 1.807) is 0 Å². The van der Waals surface area contributed by atoms with Crippen LogP contribution >= 0.6 is 11.6 Å². The van der Waals surface area contributed by atoms with Crippen molar-refractivity contribution < 1.29 is 4.74 Å². The molecule has 0 heterocycles. The highest BCUT2D eigenvalue weighted by molar-refractivity contribution is 6.30. The van der Waals surface area contributed by atoms with E-state index in [-0.39, 0.29) is 6.10 Å². The number of benzene rings is 2. The topological polar surface area (TPSA) is 21.3 Å². The molecule has 2 rings (SSSR count). The molecule has 0 aliphatic rings. The smallest absolute Gasteiger partial charge is 0.119 e. The first-order valence-corrected chi connectivity index (χ1v) is 7.72. The molecule has 0 unspecified atom stereocenters. The first kappa shape index (κ1) is 15.7. The lowest BCUT2D eigenvalue weighted by molar-refractivity contribution is 0.234. The van der Waals surface area contributed by atoms with E-state index < -0.39 is 0 Å². The lowest BCUT2D eigenvalue weighted by Gasteiger charge is -2.17. The van der Waals surface area contributed by atoms with E-state index >= 15 is 0 Å². The van der Waals surface area contributed by atoms with Gasteiger partial charge in [-0.05, 0) is 55.7 Å². The van der Waals surface area contributed by atoms with E-state index in [4.69, 9.17) is 16.3 Å². The second-order valence-electron chi connectivity index (χ2n) is 5.27. The summed E-state index contributed by atoms with van der Waals surface area (Å²) < 4.78 is 5.91. The van der Waals surface area contributed by atoms with Gasteiger partial charge in [0, 0.05) is 10.7 Å². The van der Waals surface area contributed by atoms with Gasteiger partial charge in [-0.15, -0.1) is 0 Å². The van der Waals surface area contributed by atoms with Crippen molar-refractivity contribution in [3.05, 3.63) is 58.6 Å². The molecule has 0 aliphatic heterocycles. The molecule has 1 N–H and O–H groups in total. The van der Waals surface area contributed by atoms with E-state index in [9.17, 15) is 0 Å². The number of anilines is 1. The molecule has 3 heteroatoms. The van der Waals surface area contributed by atoms with Gasteiger partial charge >= 0.3 is 0 Å². The maximum atomic E-state index is 6.02. The first-order valence-electron chi connectivity index (χ1n) is 7.34. The van der Waals surface area contributed by atoms with Gasteiger partial charge in [0.2, 0.25) is 0 Å². The Balaban J connectivity index is 1.89. The molecule has 2 aromatic carbocycles. The van der Waals surface area contributed by atoms with Crippen molar-refractivity contribution in [1.29, 1.82) is 0 Å². The molecular weight excluding hydrogens is 282 g/mol. The lowest BCUT2D eigenvalue weighted by atomic mass is 10.2. The van der Waals surface area contributed by atoms with E-state index in [1.807, 2.05) is 30.3 Å². The minimum atomic E-state index is 0.0795. The number of halogens is 1. The van der Waals surface area contributed by atoms with Crippen molar-refractivity contribution in [3.8, 4) is 5.75 Å². The van der Waals surface area contributed by atoms with Crippen LogP contribution < -0.4 is 10.1 Å². The average molecular weight is 304 g/mol. The molecule has 0 amide bonds. The van der Waals surface area contributed by atoms with Crippen molar-refractivity contribution in [1.82, 2.24) is 0 Å². The van der Waals surface area contributed by atoms with Crippen LogP contribution in [0.4, 0.5) is 5.69 Å². The Kier molecular flexibility index (Phi) is 5.51. The first-order chi connectivity index (χ1) is 10.1. The van der Waals surface area contributed by atoms with Crippen molar-refractivity contribution in [2.45, 2.75) is 33.3 Å². The standard InChI is InChI=1S/C18H22ClNO/c1-4-15-6-9-17(10-7-15)21-14(3)12-20-18-11-16(19)8-5-13(18)2/h5-11,14,20H,4,12H2,1-3H3/t14-/m0/s1. The fraction of sp³-hybridized carbons (Fsp3) is 0.333. The summed E-state index contributed by atoms with van der Waals surface area (Å²) in [7, 11) is 0. The molecule has 0 aromatic heterocycles. The summed E-state index contributed by atoms with van der Waals surface area (Å²) in [4.78, 5) is 0. The number of hydrogen-bond donors (Lipinski definition) is 1. The quantitative estimate of drug-likeness (QED) is 0.802. The highest BCUT2D eigenvalue weighted by Gasteiger charge is 2.06. The number of rotatable bonds is 6. The van der Waals surface area contributed by atoms with E-state index in [0.717, 1.165) is 29.4 Å². The fourth-order valence-electron chi connectivity index (χ4n) is 2.12. The van der Waals surface area contributed by atoms with Crippen molar-refractivity contribution in [3.63, 3.8) is 0 Å². The summed E-state index contributed by atoms with van der Waals surface area (Å²) >= 11 is 6.02. The van der Waals surface area contributed by atoms with Crippen LogP contribution in [0.2, 0.25) is 5.02 Å². The normalized spacial score (nSPS) is 12.0. The Hall–Kier alpha value is -1.67. The minimum Gasteiger partial charge on any atom is -0.489 e. The highest BCUT2D eigenvalue weighted by Crippen LogP contribution is 2.20. The zero-order valence-electron chi connectivity index (χ0n) is 12.8. The molecule has 0 spiro atoms. The van der Waals surface area contributed by atoms with Gasteiger partial charge in [0.1, 0.15) is 11.9 Å². The van der Waals surface area contributed by atoms with Gasteiger partial charge in [0.15, 0.2) is 0 Å². The van der Waals surface area contributed by atoms with Gasteiger partial charge in [0.25, 0.3) is 0 Å². The average Bonchev–Trinajstić information content (AvgIpc) is 2.49. The van der Waals surface area contributed by atoms with E-state index in [0.29, 0.717) is 0 Å². The minimum absolute atomic E-state index is 0.0795. The molecule has 112 valence electrons. The van der Waals surface area contributed by atoms with Crippen LogP contribution in [0.5, 0.6) is 5.75 Å². The summed E-state index contributed by atoms with van der Waals surface area (Å²) in [6.45, 7) is 7.00. The van der Waals surface area contributed by atoms with Gasteiger partial charge in [-0.3, -0.25) is 0 Å². The zero-order valence-corrected chi connectivity index (χ0v) is 13.6. The Morgan fingerprint density at radius 1 is 1.14 bits per heavy atom. The van der Waals surface area contributed by atoms with Gasteiger partial charge in [-0.25, -0.2) is 0 Å². The molecular formula is C18H22ClNO. The number of hydrogen-bond acceptors (Lipinski definition) is 2. The van der Waals surface area contributed by atoms with E-state index in [1.165, 1.54) is 11.1 Å². The molecule has 1 atom stereocenters. The molecule has 0 bridgehead atoms. The molecule has 21 heavy (non-hydrogen) atoms. The monoisotopic (exact) mass is 303 g/mol. The molecule has 2 nitrogen and oxygen atoms in total. The molecule has 0 saturated carbocycles. The largest absolute Gasteiger partial charge is 0.489 e. The molecule has 2 aromatic rings. The van der Waals surface area contributed by atoms with Gasteiger partial charge in [-0.1, -0.05) is 36.7 Å². The van der Waals surface area contributed by atoms with Crippen molar-refractivity contribution in [2.75, 3.05) is 11.9 Å². The summed E-state index contributed by atoms with van der Waals surface area (Å²) in [5.41, 5.74) is 3.56. The van der Waals surface area contributed by atoms with Crippen LogP contribution in [0, 0.1) is 6.92 Å². The summed E-state index contributed by atoms with van der Waals surface area (Å²) in [5.74, 6) is 0.907. The van der Waals surface area contributed by atoms with Gasteiger partial charge in [-0.2, -0.15) is 0 Å². The van der Waals surface area contributed by atoms with Crippen LogP contribution in [-0.4, -0.2) is 12.6 Å². The summed E-state index contributed by atoms with van der Waals surface area (Å²) in [5, 5.41) is 4.13. The molecule has 0 aliphatic carbocycles. The number of aryl methyl sites for hydroxylation is 2. The Morgan fingerprint density at radius 2 is 1.86 bits per heavy atom. The maximum absolute atomic E-state index is 6.02. The van der Waals surface area contributed by atoms with Crippen LogP contribution in [0.3, 0.4) is 0 Å². The Labute approximate surface area is 132 Å².